The van der Waals surface area contributed by atoms with Crippen LogP contribution < -0.4 is 0 Å². The van der Waals surface area contributed by atoms with Gasteiger partial charge in [0.25, 0.3) is 0 Å². The molecule has 31 heavy (non-hydrogen) atoms. The maximum Gasteiger partial charge on any atom is 0.511 e. The third-order valence-corrected chi connectivity index (χ3v) is 4.62. The van der Waals surface area contributed by atoms with Gasteiger partial charge in [-0.25, -0.2) is 4.79 Å². The third kappa shape index (κ3) is 6.11. The van der Waals surface area contributed by atoms with Crippen molar-refractivity contribution in [2.75, 3.05) is 6.61 Å². The van der Waals surface area contributed by atoms with Gasteiger partial charge in [0, 0.05) is 13.5 Å². The number of rotatable bonds is 7. The van der Waals surface area contributed by atoms with Crippen LogP contribution in [-0.2, 0) is 26.2 Å². The summed E-state index contributed by atoms with van der Waals surface area (Å²) in [5.74, 6) is 0.297. The Morgan fingerprint density at radius 2 is 1.84 bits per heavy atom. The minimum Gasteiger partial charge on any atom is -0.451 e. The zero-order valence-corrected chi connectivity index (χ0v) is 19.4. The maximum absolute atomic E-state index is 11.7. The number of hydrogen-bond donors (Lipinski definition) is 0. The molecular weight excluding hydrogens is 394 g/mol. The Labute approximate surface area is 184 Å². The second-order valence-corrected chi connectivity index (χ2v) is 8.12. The van der Waals surface area contributed by atoms with Crippen molar-refractivity contribution in [3.05, 3.63) is 52.8 Å². The van der Waals surface area contributed by atoms with Crippen molar-refractivity contribution in [2.24, 2.45) is 0 Å². The van der Waals surface area contributed by atoms with Crippen molar-refractivity contribution < 1.29 is 19.0 Å². The van der Waals surface area contributed by atoms with E-state index in [-0.39, 0.29) is 12.0 Å². The van der Waals surface area contributed by atoms with E-state index in [1.165, 1.54) is 0 Å². The van der Waals surface area contributed by atoms with Crippen LogP contribution in [-0.4, -0.2) is 28.8 Å². The van der Waals surface area contributed by atoms with Gasteiger partial charge in [-0.3, -0.25) is 4.68 Å². The van der Waals surface area contributed by atoms with E-state index in [2.05, 4.69) is 31.9 Å². The van der Waals surface area contributed by atoms with Gasteiger partial charge in [-0.1, -0.05) is 45.0 Å². The molecule has 7 nitrogen and oxygen atoms in total. The molecule has 2 aromatic rings. The molecule has 0 aliphatic carbocycles. The van der Waals surface area contributed by atoms with E-state index in [9.17, 15) is 10.1 Å². The van der Waals surface area contributed by atoms with Gasteiger partial charge in [0.1, 0.15) is 17.3 Å². The Morgan fingerprint density at radius 3 is 2.35 bits per heavy atom. The van der Waals surface area contributed by atoms with Gasteiger partial charge in [0.2, 0.25) is 6.29 Å². The summed E-state index contributed by atoms with van der Waals surface area (Å²) in [6, 6.07) is 11.9. The lowest BCUT2D eigenvalue weighted by Gasteiger charge is -2.21. The van der Waals surface area contributed by atoms with Crippen LogP contribution in [0, 0.1) is 18.3 Å². The van der Waals surface area contributed by atoms with Crippen molar-refractivity contribution >= 4 is 17.5 Å². The number of ether oxygens (including phenoxy) is 3. The Hall–Kier alpha value is -3.27. The van der Waals surface area contributed by atoms with E-state index in [0.717, 1.165) is 11.3 Å². The molecule has 1 unspecified atom stereocenters. The van der Waals surface area contributed by atoms with Gasteiger partial charge in [-0.2, -0.15) is 10.4 Å². The molecule has 0 amide bonds. The number of hydrogen-bond acceptors (Lipinski definition) is 6. The first-order valence-electron chi connectivity index (χ1n) is 10.4. The normalized spacial score (nSPS) is 13.1. The number of aryl methyl sites for hydroxylation is 2. The van der Waals surface area contributed by atoms with E-state index in [0.29, 0.717) is 29.1 Å². The third-order valence-electron chi connectivity index (χ3n) is 4.62. The standard InChI is InChI=1S/C24H31N3O4/c1-8-27-21(14-16(3)26-27)22(30-17(4)31-23(28)29-9-2)20(15-25)18-10-12-19(13-11-18)24(5,6)7/h10-14,17H,8-9H2,1-7H3/b22-20-. The van der Waals surface area contributed by atoms with Crippen LogP contribution in [0.3, 0.4) is 0 Å². The lowest BCUT2D eigenvalue weighted by molar-refractivity contribution is -0.0660. The minimum absolute atomic E-state index is 0.00564. The Balaban J connectivity index is 2.56. The van der Waals surface area contributed by atoms with Gasteiger partial charge in [0.15, 0.2) is 5.76 Å². The fourth-order valence-electron chi connectivity index (χ4n) is 3.08. The van der Waals surface area contributed by atoms with Crippen LogP contribution >= 0.6 is 0 Å². The van der Waals surface area contributed by atoms with E-state index in [4.69, 9.17) is 14.2 Å². The highest BCUT2D eigenvalue weighted by molar-refractivity contribution is 5.94. The zero-order valence-electron chi connectivity index (χ0n) is 19.4. The Morgan fingerprint density at radius 1 is 1.19 bits per heavy atom. The lowest BCUT2D eigenvalue weighted by Crippen LogP contribution is -2.20. The number of aromatic nitrogens is 2. The highest BCUT2D eigenvalue weighted by Gasteiger charge is 2.23. The quantitative estimate of drug-likeness (QED) is 0.254. The van der Waals surface area contributed by atoms with Crippen LogP contribution in [0.5, 0.6) is 0 Å². The van der Waals surface area contributed by atoms with Gasteiger partial charge in [-0.15, -0.1) is 0 Å². The fourth-order valence-corrected chi connectivity index (χ4v) is 3.08. The van der Waals surface area contributed by atoms with Crippen LogP contribution in [0.4, 0.5) is 4.79 Å². The Kier molecular flexibility index (Phi) is 7.87. The highest BCUT2D eigenvalue weighted by Crippen LogP contribution is 2.31. The molecule has 1 aromatic carbocycles. The van der Waals surface area contributed by atoms with Gasteiger partial charge < -0.3 is 14.2 Å². The summed E-state index contributed by atoms with van der Waals surface area (Å²) >= 11 is 0. The first kappa shape index (κ1) is 24.0. The molecule has 0 saturated carbocycles. The van der Waals surface area contributed by atoms with E-state index >= 15 is 0 Å². The molecule has 0 bridgehead atoms. The highest BCUT2D eigenvalue weighted by atomic mass is 16.8. The predicted molar refractivity (Wildman–Crippen MR) is 119 cm³/mol. The van der Waals surface area contributed by atoms with Crippen molar-refractivity contribution in [3.8, 4) is 6.07 Å². The lowest BCUT2D eigenvalue weighted by atomic mass is 9.86. The minimum atomic E-state index is -0.966. The molecule has 2 rings (SSSR count). The summed E-state index contributed by atoms with van der Waals surface area (Å²) < 4.78 is 17.7. The largest absolute Gasteiger partial charge is 0.511 e. The molecule has 0 N–H and O–H groups in total. The molecular formula is C24H31N3O4. The van der Waals surface area contributed by atoms with Gasteiger partial charge in [-0.05, 0) is 43.4 Å². The number of allylic oxidation sites excluding steroid dienone is 1. The van der Waals surface area contributed by atoms with Crippen molar-refractivity contribution in [1.29, 1.82) is 5.26 Å². The number of nitriles is 1. The maximum atomic E-state index is 11.7. The SMILES string of the molecule is CCOC(=O)OC(C)O/C(=C(/C#N)c1ccc(C(C)(C)C)cc1)c1cc(C)nn1CC. The molecule has 1 aromatic heterocycles. The second kappa shape index (κ2) is 10.2. The van der Waals surface area contributed by atoms with E-state index < -0.39 is 12.4 Å². The average molecular weight is 426 g/mol. The molecule has 166 valence electrons. The summed E-state index contributed by atoms with van der Waals surface area (Å²) in [6.45, 7) is 14.3. The topological polar surface area (TPSA) is 86.4 Å². The first-order valence-corrected chi connectivity index (χ1v) is 10.4. The number of nitrogens with zero attached hydrogens (tertiary/aromatic N) is 3. The summed E-state index contributed by atoms with van der Waals surface area (Å²) in [5.41, 5.74) is 3.61. The predicted octanol–water partition coefficient (Wildman–Crippen LogP) is 5.44. The zero-order chi connectivity index (χ0) is 23.2. The molecule has 0 aliphatic heterocycles. The molecule has 0 spiro atoms. The van der Waals surface area contributed by atoms with Gasteiger partial charge in [0.05, 0.1) is 12.3 Å². The van der Waals surface area contributed by atoms with Crippen molar-refractivity contribution in [2.45, 2.75) is 66.7 Å². The van der Waals surface area contributed by atoms with Gasteiger partial charge >= 0.3 is 6.16 Å². The smallest absolute Gasteiger partial charge is 0.451 e. The molecule has 1 atom stereocenters. The monoisotopic (exact) mass is 425 g/mol. The molecule has 0 radical (unpaired) electrons. The summed E-state index contributed by atoms with van der Waals surface area (Å²) in [6.07, 6.45) is -1.80. The van der Waals surface area contributed by atoms with E-state index in [1.807, 2.05) is 44.2 Å². The second-order valence-electron chi connectivity index (χ2n) is 8.12. The Bertz CT molecular complexity index is 976. The van der Waals surface area contributed by atoms with Crippen LogP contribution in [0.1, 0.15) is 64.1 Å². The summed E-state index contributed by atoms with van der Waals surface area (Å²) in [4.78, 5) is 11.7. The number of carbonyl (C=O) groups is 1. The molecule has 0 fully saturated rings. The molecule has 7 heteroatoms. The van der Waals surface area contributed by atoms with Crippen LogP contribution in [0.15, 0.2) is 30.3 Å². The first-order chi connectivity index (χ1) is 14.6. The van der Waals surface area contributed by atoms with Crippen LogP contribution in [0.2, 0.25) is 0 Å². The van der Waals surface area contributed by atoms with Crippen LogP contribution in [0.25, 0.3) is 11.3 Å². The number of carbonyl (C=O) groups excluding carboxylic acids is 1. The molecule has 0 aliphatic rings. The fraction of sp³-hybridized carbons (Fsp3) is 0.458. The summed E-state index contributed by atoms with van der Waals surface area (Å²) in [5, 5.41) is 14.5. The van der Waals surface area contributed by atoms with Crippen molar-refractivity contribution in [1.82, 2.24) is 9.78 Å². The van der Waals surface area contributed by atoms with Crippen molar-refractivity contribution in [3.63, 3.8) is 0 Å². The molecule has 0 saturated heterocycles. The summed E-state index contributed by atoms with van der Waals surface area (Å²) in [7, 11) is 0. The number of benzene rings is 1. The average Bonchev–Trinajstić information content (AvgIpc) is 3.08. The molecule has 1 heterocycles. The van der Waals surface area contributed by atoms with E-state index in [1.54, 1.807) is 18.5 Å².